The second kappa shape index (κ2) is 9.20. The van der Waals surface area contributed by atoms with Crippen molar-refractivity contribution in [3.63, 3.8) is 0 Å². The van der Waals surface area contributed by atoms with Crippen LogP contribution < -0.4 is 0 Å². The molecule has 0 aliphatic rings. The van der Waals surface area contributed by atoms with E-state index in [0.29, 0.717) is 12.0 Å². The summed E-state index contributed by atoms with van der Waals surface area (Å²) in [5, 5.41) is 11.8. The quantitative estimate of drug-likeness (QED) is 0.226. The highest BCUT2D eigenvalue weighted by molar-refractivity contribution is 7.86. The minimum Gasteiger partial charge on any atom is -0.289 e. The minimum atomic E-state index is -4.62. The highest BCUT2D eigenvalue weighted by Gasteiger charge is 2.25. The van der Waals surface area contributed by atoms with Crippen LogP contribution in [0.4, 0.5) is 5.69 Å². The third-order valence-corrected chi connectivity index (χ3v) is 5.84. The summed E-state index contributed by atoms with van der Waals surface area (Å²) >= 11 is 0. The van der Waals surface area contributed by atoms with Crippen LogP contribution in [-0.4, -0.2) is 23.7 Å². The largest absolute Gasteiger partial charge is 0.295 e. The molecule has 31 heavy (non-hydrogen) atoms. The maximum absolute atomic E-state index is 12.7. The van der Waals surface area contributed by atoms with Gasteiger partial charge in [-0.2, -0.15) is 8.42 Å². The Kier molecular flexibility index (Phi) is 6.62. The van der Waals surface area contributed by atoms with Gasteiger partial charge < -0.3 is 0 Å². The molecule has 7 nitrogen and oxygen atoms in total. The van der Waals surface area contributed by atoms with Crippen molar-refractivity contribution in [2.45, 2.75) is 31.1 Å². The number of aryl methyl sites for hydroxylation is 1. The van der Waals surface area contributed by atoms with E-state index in [1.54, 1.807) is 42.5 Å². The number of unbranched alkanes of at least 4 members (excludes halogenated alkanes) is 1. The number of nitrogens with zero attached hydrogens (tertiary/aromatic N) is 1. The van der Waals surface area contributed by atoms with Crippen LogP contribution in [0.1, 0.15) is 41.3 Å². The fourth-order valence-corrected chi connectivity index (χ4v) is 4.04. The van der Waals surface area contributed by atoms with Crippen molar-refractivity contribution in [1.82, 2.24) is 0 Å². The molecule has 0 fully saturated rings. The Bertz CT molecular complexity index is 1240. The molecule has 1 N–H and O–H groups in total. The van der Waals surface area contributed by atoms with Gasteiger partial charge in [0.1, 0.15) is 4.90 Å². The van der Waals surface area contributed by atoms with Crippen molar-refractivity contribution >= 4 is 21.6 Å². The number of hydrogen-bond acceptors (Lipinski definition) is 5. The van der Waals surface area contributed by atoms with E-state index in [9.17, 15) is 27.9 Å². The second-order valence-corrected chi connectivity index (χ2v) is 8.48. The van der Waals surface area contributed by atoms with Gasteiger partial charge in [0.05, 0.1) is 10.5 Å². The van der Waals surface area contributed by atoms with Crippen molar-refractivity contribution in [3.8, 4) is 11.1 Å². The lowest BCUT2D eigenvalue weighted by atomic mass is 9.96. The number of benzene rings is 3. The Hall–Kier alpha value is -3.36. The topological polar surface area (TPSA) is 115 Å². The van der Waals surface area contributed by atoms with Crippen LogP contribution in [0.15, 0.2) is 71.6 Å². The number of rotatable bonds is 8. The van der Waals surface area contributed by atoms with Gasteiger partial charge in [0.25, 0.3) is 15.8 Å². The maximum atomic E-state index is 12.7. The summed E-state index contributed by atoms with van der Waals surface area (Å²) < 4.78 is 33.5. The summed E-state index contributed by atoms with van der Waals surface area (Å²) in [6.45, 7) is 2.01. The lowest BCUT2D eigenvalue weighted by Gasteiger charge is -2.12. The number of hydrogen-bond donors (Lipinski definition) is 1. The van der Waals surface area contributed by atoms with Gasteiger partial charge in [-0.05, 0) is 42.7 Å². The molecule has 0 aromatic heterocycles. The average Bonchev–Trinajstić information content (AvgIpc) is 2.76. The molecular formula is C23H21NO6S. The molecule has 0 saturated heterocycles. The molecule has 0 amide bonds. The zero-order valence-corrected chi connectivity index (χ0v) is 17.6. The molecule has 3 rings (SSSR count). The van der Waals surface area contributed by atoms with Gasteiger partial charge >= 0.3 is 0 Å². The van der Waals surface area contributed by atoms with E-state index >= 15 is 0 Å². The highest BCUT2D eigenvalue weighted by Crippen LogP contribution is 2.36. The van der Waals surface area contributed by atoms with Crippen LogP contribution in [0.3, 0.4) is 0 Å². The second-order valence-electron chi connectivity index (χ2n) is 7.09. The molecule has 0 bridgehead atoms. The molecule has 0 aliphatic heterocycles. The summed E-state index contributed by atoms with van der Waals surface area (Å²) in [5.74, 6) is -0.387. The number of nitro groups is 1. The van der Waals surface area contributed by atoms with Gasteiger partial charge in [-0.25, -0.2) is 0 Å². The predicted molar refractivity (Wildman–Crippen MR) is 117 cm³/mol. The third-order valence-electron chi connectivity index (χ3n) is 4.92. The fourth-order valence-electron chi connectivity index (χ4n) is 3.36. The first kappa shape index (κ1) is 22.3. The molecular weight excluding hydrogens is 418 g/mol. The summed E-state index contributed by atoms with van der Waals surface area (Å²) in [6, 6.07) is 16.6. The van der Waals surface area contributed by atoms with Crippen molar-refractivity contribution in [1.29, 1.82) is 0 Å². The van der Waals surface area contributed by atoms with Crippen LogP contribution in [0, 0.1) is 10.1 Å². The first-order chi connectivity index (χ1) is 14.7. The summed E-state index contributed by atoms with van der Waals surface area (Å²) in [6.07, 6.45) is 2.44. The van der Waals surface area contributed by atoms with Crippen molar-refractivity contribution in [3.05, 3.63) is 93.5 Å². The molecule has 3 aromatic rings. The Morgan fingerprint density at radius 2 is 1.68 bits per heavy atom. The smallest absolute Gasteiger partial charge is 0.289 e. The monoisotopic (exact) mass is 439 g/mol. The SMILES string of the molecule is CCCCc1ccc(S(=O)(=O)O)c(-c2ccc(C(=O)c3ccccc3)cc2[N+](=O)[O-])c1. The molecule has 8 heteroatoms. The molecule has 0 heterocycles. The molecule has 0 aliphatic carbocycles. The number of carbonyl (C=O) groups is 1. The molecule has 0 atom stereocenters. The predicted octanol–water partition coefficient (Wildman–Crippen LogP) is 5.08. The highest BCUT2D eigenvalue weighted by atomic mass is 32.2. The van der Waals surface area contributed by atoms with E-state index in [1.165, 1.54) is 18.2 Å². The van der Waals surface area contributed by atoms with Crippen molar-refractivity contribution in [2.24, 2.45) is 0 Å². The van der Waals surface area contributed by atoms with Crippen LogP contribution in [0.5, 0.6) is 0 Å². The zero-order valence-electron chi connectivity index (χ0n) is 16.8. The van der Waals surface area contributed by atoms with Crippen molar-refractivity contribution in [2.75, 3.05) is 0 Å². The first-order valence-corrected chi connectivity index (χ1v) is 11.2. The molecule has 0 unspecified atom stereocenters. The van der Waals surface area contributed by atoms with Gasteiger partial charge in [0.15, 0.2) is 5.78 Å². The Morgan fingerprint density at radius 3 is 2.29 bits per heavy atom. The lowest BCUT2D eigenvalue weighted by Crippen LogP contribution is -2.05. The number of nitro benzene ring substituents is 1. The summed E-state index contributed by atoms with van der Waals surface area (Å²) in [5.41, 5.74) is 0.909. The average molecular weight is 439 g/mol. The van der Waals surface area contributed by atoms with Crippen LogP contribution in [0.2, 0.25) is 0 Å². The van der Waals surface area contributed by atoms with Gasteiger partial charge in [-0.1, -0.05) is 49.7 Å². The Labute approximate surface area is 180 Å². The van der Waals surface area contributed by atoms with Gasteiger partial charge in [-0.15, -0.1) is 0 Å². The maximum Gasteiger partial charge on any atom is 0.295 e. The number of carbonyl (C=O) groups excluding carboxylic acids is 1. The Balaban J connectivity index is 2.18. The van der Waals surface area contributed by atoms with Gasteiger partial charge in [-0.3, -0.25) is 19.5 Å². The normalized spacial score (nSPS) is 11.3. The van der Waals surface area contributed by atoms with E-state index in [2.05, 4.69) is 0 Å². The fraction of sp³-hybridized carbons (Fsp3) is 0.174. The van der Waals surface area contributed by atoms with Crippen LogP contribution in [-0.2, 0) is 16.5 Å². The standard InChI is InChI=1S/C23H21NO6S/c1-2-3-7-16-10-13-22(31(28,29)30)20(14-16)19-12-11-18(15-21(19)24(26)27)23(25)17-8-5-4-6-9-17/h4-6,8-15H,2-3,7H2,1H3,(H,28,29,30). The summed E-state index contributed by atoms with van der Waals surface area (Å²) in [7, 11) is -4.62. The third kappa shape index (κ3) is 5.04. The molecule has 160 valence electrons. The van der Waals surface area contributed by atoms with E-state index in [4.69, 9.17) is 0 Å². The van der Waals surface area contributed by atoms with E-state index in [1.807, 2.05) is 6.92 Å². The Morgan fingerprint density at radius 1 is 0.968 bits per heavy atom. The molecule has 3 aromatic carbocycles. The van der Waals surface area contributed by atoms with Crippen LogP contribution in [0.25, 0.3) is 11.1 Å². The summed E-state index contributed by atoms with van der Waals surface area (Å²) in [4.78, 5) is 23.4. The van der Waals surface area contributed by atoms with Gasteiger partial charge in [0.2, 0.25) is 0 Å². The zero-order chi connectivity index (χ0) is 22.6. The van der Waals surface area contributed by atoms with E-state index < -0.39 is 25.6 Å². The molecule has 0 saturated carbocycles. The van der Waals surface area contributed by atoms with Crippen molar-refractivity contribution < 1.29 is 22.7 Å². The minimum absolute atomic E-state index is 0.0144. The van der Waals surface area contributed by atoms with Crippen LogP contribution >= 0.6 is 0 Å². The van der Waals surface area contributed by atoms with Gasteiger partial charge in [0, 0.05) is 22.8 Å². The lowest BCUT2D eigenvalue weighted by molar-refractivity contribution is -0.384. The van der Waals surface area contributed by atoms with E-state index in [0.717, 1.165) is 24.5 Å². The van der Waals surface area contributed by atoms with E-state index in [-0.39, 0.29) is 22.5 Å². The molecule has 0 spiro atoms. The molecule has 0 radical (unpaired) electrons. The number of ketones is 1. The first-order valence-electron chi connectivity index (χ1n) is 9.71.